The number of fused-ring (bicyclic) bond motifs is 1. The molecular formula is C22H23F6NO10. The molecular weight excluding hydrogens is 552 g/mol. The summed E-state index contributed by atoms with van der Waals surface area (Å²) < 4.78 is 102. The van der Waals surface area contributed by atoms with Crippen LogP contribution in [0.2, 0.25) is 0 Å². The second-order valence-corrected chi connectivity index (χ2v) is 8.83. The van der Waals surface area contributed by atoms with Gasteiger partial charge in [0.05, 0.1) is 5.57 Å². The quantitative estimate of drug-likeness (QED) is 0.122. The molecule has 0 aliphatic carbocycles. The van der Waals surface area contributed by atoms with Crippen LogP contribution in [-0.4, -0.2) is 55.4 Å². The van der Waals surface area contributed by atoms with Crippen LogP contribution < -0.4 is 9.47 Å². The van der Waals surface area contributed by atoms with E-state index in [1.165, 1.54) is 20.8 Å². The highest BCUT2D eigenvalue weighted by Gasteiger charge is 2.49. The van der Waals surface area contributed by atoms with Crippen molar-refractivity contribution in [3.8, 4) is 11.5 Å². The van der Waals surface area contributed by atoms with E-state index in [4.69, 9.17) is 14.2 Å². The van der Waals surface area contributed by atoms with Crippen molar-refractivity contribution < 1.29 is 69.5 Å². The Balaban J connectivity index is 2.20. The average molecular weight is 575 g/mol. The van der Waals surface area contributed by atoms with E-state index >= 15 is 0 Å². The highest BCUT2D eigenvalue weighted by Crippen LogP contribution is 2.42. The lowest BCUT2D eigenvalue weighted by molar-refractivity contribution is -0.760. The number of aryl methyl sites for hydroxylation is 1. The molecule has 1 aromatic carbocycles. The van der Waals surface area contributed by atoms with E-state index in [2.05, 4.69) is 14.3 Å². The number of esters is 1. The third-order valence-corrected chi connectivity index (χ3v) is 4.82. The fraction of sp³-hybridized carbons (Fsp3) is 0.545. The van der Waals surface area contributed by atoms with Crippen molar-refractivity contribution in [1.29, 1.82) is 0 Å². The second-order valence-electron chi connectivity index (χ2n) is 8.83. The highest BCUT2D eigenvalue weighted by atomic mass is 19.4. The molecule has 1 unspecified atom stereocenters. The van der Waals surface area contributed by atoms with Crippen LogP contribution in [0.15, 0.2) is 17.7 Å². The maximum Gasteiger partial charge on any atom is 0.573 e. The van der Waals surface area contributed by atoms with Crippen LogP contribution in [0.4, 0.5) is 31.1 Å². The molecule has 0 amide bonds. The summed E-state index contributed by atoms with van der Waals surface area (Å²) in [6.07, 6.45) is -15.7. The van der Waals surface area contributed by atoms with E-state index in [1.54, 1.807) is 0 Å². The van der Waals surface area contributed by atoms with E-state index in [9.17, 15) is 46.0 Å². The summed E-state index contributed by atoms with van der Waals surface area (Å²) in [4.78, 5) is 38.9. The lowest BCUT2D eigenvalue weighted by atomic mass is 9.97. The number of nitrogens with zero attached hydrogens (tertiary/aromatic N) is 1. The largest absolute Gasteiger partial charge is 0.573 e. The molecule has 2 atom stereocenters. The number of carbonyl (C=O) groups excluding carboxylic acids is 2. The van der Waals surface area contributed by atoms with Gasteiger partial charge in [-0.25, -0.2) is 9.59 Å². The summed E-state index contributed by atoms with van der Waals surface area (Å²) >= 11 is 0. The van der Waals surface area contributed by atoms with Crippen molar-refractivity contribution in [3.63, 3.8) is 0 Å². The summed E-state index contributed by atoms with van der Waals surface area (Å²) in [6, 6.07) is 1.60. The molecule has 1 aliphatic heterocycles. The van der Waals surface area contributed by atoms with Gasteiger partial charge in [0.15, 0.2) is 0 Å². The predicted octanol–water partition coefficient (Wildman–Crippen LogP) is 5.13. The Labute approximate surface area is 216 Å². The third kappa shape index (κ3) is 9.40. The van der Waals surface area contributed by atoms with Crippen molar-refractivity contribution in [2.75, 3.05) is 13.2 Å². The molecule has 0 radical (unpaired) electrons. The molecule has 2 rings (SSSR count). The lowest BCUT2D eigenvalue weighted by Crippen LogP contribution is -2.41. The molecule has 0 aromatic heterocycles. The smallest absolute Gasteiger partial charge is 0.475 e. The van der Waals surface area contributed by atoms with Crippen molar-refractivity contribution in [2.45, 2.75) is 59.0 Å². The summed E-state index contributed by atoms with van der Waals surface area (Å²) in [6.45, 7) is 4.46. The molecule has 1 heterocycles. The molecule has 0 fully saturated rings. The van der Waals surface area contributed by atoms with Crippen LogP contribution >= 0.6 is 0 Å². The summed E-state index contributed by atoms with van der Waals surface area (Å²) in [5.74, 6) is -2.80. The Hall–Kier alpha value is -3.92. The Morgan fingerprint density at radius 3 is 2.28 bits per heavy atom. The number of benzene rings is 1. The Morgan fingerprint density at radius 2 is 1.74 bits per heavy atom. The lowest BCUT2D eigenvalue weighted by Gasteiger charge is -2.30. The molecule has 1 aliphatic rings. The minimum Gasteiger partial charge on any atom is -0.475 e. The zero-order valence-corrected chi connectivity index (χ0v) is 20.8. The van der Waals surface area contributed by atoms with Gasteiger partial charge in [0.1, 0.15) is 24.7 Å². The van der Waals surface area contributed by atoms with Gasteiger partial charge in [0.2, 0.25) is 12.4 Å². The van der Waals surface area contributed by atoms with Gasteiger partial charge in [-0.15, -0.1) is 23.3 Å². The predicted molar refractivity (Wildman–Crippen MR) is 116 cm³/mol. The fourth-order valence-corrected chi connectivity index (χ4v) is 3.16. The van der Waals surface area contributed by atoms with Crippen LogP contribution in [0.3, 0.4) is 0 Å². The molecule has 11 nitrogen and oxygen atoms in total. The molecule has 0 saturated carbocycles. The maximum absolute atomic E-state index is 13.8. The van der Waals surface area contributed by atoms with E-state index < -0.39 is 77.8 Å². The first-order valence-corrected chi connectivity index (χ1v) is 11.0. The van der Waals surface area contributed by atoms with E-state index in [0.717, 1.165) is 19.1 Å². The van der Waals surface area contributed by atoms with Gasteiger partial charge in [-0.05, 0) is 30.2 Å². The molecule has 0 spiro atoms. The Kier molecular flexibility index (Phi) is 9.52. The number of rotatable bonds is 10. The van der Waals surface area contributed by atoms with Gasteiger partial charge in [-0.1, -0.05) is 20.8 Å². The van der Waals surface area contributed by atoms with Crippen LogP contribution in [0.5, 0.6) is 11.5 Å². The first-order valence-electron chi connectivity index (χ1n) is 11.0. The van der Waals surface area contributed by atoms with Gasteiger partial charge < -0.3 is 28.5 Å². The summed E-state index contributed by atoms with van der Waals surface area (Å²) in [5.41, 5.74) is -2.53. The molecule has 17 heteroatoms. The molecule has 218 valence electrons. The third-order valence-electron chi connectivity index (χ3n) is 4.82. The van der Waals surface area contributed by atoms with Crippen molar-refractivity contribution in [1.82, 2.24) is 0 Å². The maximum atomic E-state index is 13.8. The van der Waals surface area contributed by atoms with Crippen LogP contribution in [0.25, 0.3) is 6.08 Å². The SMILES string of the molecule is CCc1cc(OC(F)(F)F)cc2c1O[C@H](C(F)(F)F)C(C(=O)OC(C)OC(=O)OCC(C)(C)CO[N+](=O)[O-])=C2. The van der Waals surface area contributed by atoms with Gasteiger partial charge >= 0.3 is 24.7 Å². The zero-order chi connectivity index (χ0) is 29.8. The van der Waals surface area contributed by atoms with Crippen molar-refractivity contribution in [3.05, 3.63) is 38.9 Å². The van der Waals surface area contributed by atoms with E-state index in [-0.39, 0.29) is 17.5 Å². The molecule has 0 N–H and O–H groups in total. The minimum atomic E-state index is -5.14. The number of carbonyl (C=O) groups is 2. The molecule has 0 saturated heterocycles. The summed E-state index contributed by atoms with van der Waals surface area (Å²) in [7, 11) is 0. The van der Waals surface area contributed by atoms with Gasteiger partial charge in [-0.2, -0.15) is 13.2 Å². The van der Waals surface area contributed by atoms with Crippen LogP contribution in [0.1, 0.15) is 38.8 Å². The number of halogens is 6. The van der Waals surface area contributed by atoms with Crippen LogP contribution in [0, 0.1) is 15.5 Å². The number of hydrogen-bond donors (Lipinski definition) is 0. The molecule has 1 aromatic rings. The second kappa shape index (κ2) is 11.9. The Bertz CT molecular complexity index is 1120. The Morgan fingerprint density at radius 1 is 1.10 bits per heavy atom. The first kappa shape index (κ1) is 31.3. The molecule has 0 bridgehead atoms. The van der Waals surface area contributed by atoms with Gasteiger partial charge in [0, 0.05) is 17.9 Å². The van der Waals surface area contributed by atoms with Crippen molar-refractivity contribution in [2.24, 2.45) is 5.41 Å². The number of hydrogen-bond acceptors (Lipinski definition) is 10. The molecule has 39 heavy (non-hydrogen) atoms. The van der Waals surface area contributed by atoms with Gasteiger partial charge in [-0.3, -0.25) is 0 Å². The zero-order valence-electron chi connectivity index (χ0n) is 20.8. The standard InChI is InChI=1S/C22H23F6NO10/c1-5-12-6-14(39-22(26,27)28)7-13-8-15(17(21(23,24)25)38-16(12)13)18(30)36-11(2)37-19(31)34-9-20(3,4)10-35-29(32)33/h6-8,11,17H,5,9-10H2,1-4H3/t11?,17-/m0/s1. The average Bonchev–Trinajstić information content (AvgIpc) is 2.78. The fourth-order valence-electron chi connectivity index (χ4n) is 3.16. The first-order chi connectivity index (χ1) is 17.8. The minimum absolute atomic E-state index is 0.0302. The van der Waals surface area contributed by atoms with E-state index in [0.29, 0.717) is 6.08 Å². The highest BCUT2D eigenvalue weighted by molar-refractivity contribution is 5.96. The number of alkyl halides is 6. The monoisotopic (exact) mass is 575 g/mol. The summed E-state index contributed by atoms with van der Waals surface area (Å²) in [5, 5.41) is 9.24. The van der Waals surface area contributed by atoms with Gasteiger partial charge in [0.25, 0.3) is 5.09 Å². The van der Waals surface area contributed by atoms with Crippen LogP contribution in [-0.2, 0) is 30.3 Å². The topological polar surface area (TPSA) is 133 Å². The normalized spacial score (nSPS) is 16.2. The van der Waals surface area contributed by atoms with E-state index in [1.807, 2.05) is 0 Å². The van der Waals surface area contributed by atoms with Crippen molar-refractivity contribution >= 4 is 18.2 Å². The number of ether oxygens (including phenoxy) is 5.